The molecule has 1 amide bonds. The Balaban J connectivity index is 1.52. The number of likely N-dealkylation sites (tertiary alicyclic amines) is 1. The van der Waals surface area contributed by atoms with E-state index >= 15 is 0 Å². The zero-order valence-electron chi connectivity index (χ0n) is 15.0. The second kappa shape index (κ2) is 8.50. The molecule has 4 nitrogen and oxygen atoms in total. The maximum atomic E-state index is 12.2. The van der Waals surface area contributed by atoms with Crippen molar-refractivity contribution in [3.63, 3.8) is 0 Å². The number of carbonyl (C=O) groups is 1. The van der Waals surface area contributed by atoms with Crippen LogP contribution in [-0.4, -0.2) is 37.0 Å². The molecule has 0 radical (unpaired) electrons. The lowest BCUT2D eigenvalue weighted by atomic mass is 10.1. The van der Waals surface area contributed by atoms with Crippen LogP contribution in [0.2, 0.25) is 0 Å². The third-order valence-electron chi connectivity index (χ3n) is 4.57. The molecular weight excluding hydrogens is 332 g/mol. The number of ether oxygens (including phenoxy) is 1. The Morgan fingerprint density at radius 3 is 2.60 bits per heavy atom. The van der Waals surface area contributed by atoms with Crippen molar-refractivity contribution in [1.82, 2.24) is 10.2 Å². The molecule has 5 heteroatoms. The molecule has 1 N–H and O–H groups in total. The van der Waals surface area contributed by atoms with Gasteiger partial charge in [0.05, 0.1) is 6.04 Å². The van der Waals surface area contributed by atoms with E-state index in [0.717, 1.165) is 30.0 Å². The molecule has 0 bridgehead atoms. The topological polar surface area (TPSA) is 41.6 Å². The van der Waals surface area contributed by atoms with Crippen molar-refractivity contribution >= 4 is 17.2 Å². The van der Waals surface area contributed by atoms with Gasteiger partial charge >= 0.3 is 0 Å². The van der Waals surface area contributed by atoms with Crippen LogP contribution < -0.4 is 10.1 Å². The molecule has 1 atom stereocenters. The number of benzene rings is 1. The lowest BCUT2D eigenvalue weighted by molar-refractivity contribution is -0.123. The summed E-state index contributed by atoms with van der Waals surface area (Å²) in [6.07, 6.45) is 2.48. The minimum Gasteiger partial charge on any atom is -0.484 e. The van der Waals surface area contributed by atoms with Gasteiger partial charge in [0.25, 0.3) is 5.91 Å². The van der Waals surface area contributed by atoms with Crippen LogP contribution in [0.4, 0.5) is 0 Å². The first-order valence-electron chi connectivity index (χ1n) is 8.86. The van der Waals surface area contributed by atoms with E-state index in [0.29, 0.717) is 6.54 Å². The summed E-state index contributed by atoms with van der Waals surface area (Å²) in [7, 11) is 0. The van der Waals surface area contributed by atoms with Crippen LogP contribution in [0.3, 0.4) is 0 Å². The summed E-state index contributed by atoms with van der Waals surface area (Å²) in [5.41, 5.74) is 3.58. The molecule has 1 aromatic heterocycles. The average Bonchev–Trinajstić information content (AvgIpc) is 3.26. The second-order valence-corrected chi connectivity index (χ2v) is 7.51. The van der Waals surface area contributed by atoms with Crippen LogP contribution in [0.5, 0.6) is 5.75 Å². The number of thiophene rings is 1. The van der Waals surface area contributed by atoms with Gasteiger partial charge in [-0.15, -0.1) is 0 Å². The number of nitrogens with one attached hydrogen (secondary N) is 1. The highest BCUT2D eigenvalue weighted by Gasteiger charge is 2.24. The lowest BCUT2D eigenvalue weighted by Gasteiger charge is -2.27. The molecule has 25 heavy (non-hydrogen) atoms. The zero-order chi connectivity index (χ0) is 17.6. The molecular formula is C20H26N2O2S. The number of nitrogens with zero attached hydrogens (tertiary/aromatic N) is 1. The van der Waals surface area contributed by atoms with Crippen molar-refractivity contribution in [2.45, 2.75) is 32.7 Å². The molecule has 1 fully saturated rings. The SMILES string of the molecule is Cc1cc(C)cc(OCC(=O)NCC(c2ccsc2)N2CCCC2)c1. The third-order valence-corrected chi connectivity index (χ3v) is 5.27. The van der Waals surface area contributed by atoms with Crippen molar-refractivity contribution in [2.75, 3.05) is 26.2 Å². The number of hydrogen-bond acceptors (Lipinski definition) is 4. The minimum absolute atomic E-state index is 0.0548. The predicted molar refractivity (Wildman–Crippen MR) is 102 cm³/mol. The molecule has 1 saturated heterocycles. The fourth-order valence-electron chi connectivity index (χ4n) is 3.40. The predicted octanol–water partition coefficient (Wildman–Crippen LogP) is 3.70. The first-order chi connectivity index (χ1) is 12.1. The molecule has 2 aromatic rings. The van der Waals surface area contributed by atoms with Crippen molar-refractivity contribution in [3.8, 4) is 5.75 Å². The monoisotopic (exact) mass is 358 g/mol. The van der Waals surface area contributed by atoms with E-state index in [1.165, 1.54) is 18.4 Å². The smallest absolute Gasteiger partial charge is 0.258 e. The summed E-state index contributed by atoms with van der Waals surface area (Å²) in [6.45, 7) is 6.96. The van der Waals surface area contributed by atoms with Crippen LogP contribution in [0.1, 0.15) is 35.6 Å². The zero-order valence-corrected chi connectivity index (χ0v) is 15.8. The van der Waals surface area contributed by atoms with Crippen molar-refractivity contribution in [2.24, 2.45) is 0 Å². The van der Waals surface area contributed by atoms with E-state index < -0.39 is 0 Å². The largest absolute Gasteiger partial charge is 0.484 e. The highest BCUT2D eigenvalue weighted by molar-refractivity contribution is 7.07. The fraction of sp³-hybridized carbons (Fsp3) is 0.450. The molecule has 1 aliphatic heterocycles. The Hall–Kier alpha value is -1.85. The maximum Gasteiger partial charge on any atom is 0.258 e. The highest BCUT2D eigenvalue weighted by atomic mass is 32.1. The number of rotatable bonds is 7. The molecule has 0 saturated carbocycles. The molecule has 0 aliphatic carbocycles. The van der Waals surface area contributed by atoms with Gasteiger partial charge in [-0.05, 0) is 85.4 Å². The van der Waals surface area contributed by atoms with Crippen LogP contribution in [0.15, 0.2) is 35.0 Å². The van der Waals surface area contributed by atoms with Gasteiger partial charge in [0.15, 0.2) is 6.61 Å². The molecule has 1 aromatic carbocycles. The summed E-state index contributed by atoms with van der Waals surface area (Å²) in [6, 6.07) is 8.43. The van der Waals surface area contributed by atoms with Gasteiger partial charge in [-0.1, -0.05) is 6.07 Å². The molecule has 0 spiro atoms. The fourth-order valence-corrected chi connectivity index (χ4v) is 4.11. The summed E-state index contributed by atoms with van der Waals surface area (Å²) in [5.74, 6) is 0.681. The van der Waals surface area contributed by atoms with E-state index in [1.54, 1.807) is 11.3 Å². The number of aryl methyl sites for hydroxylation is 2. The first kappa shape index (κ1) is 18.0. The molecule has 1 aliphatic rings. The summed E-state index contributed by atoms with van der Waals surface area (Å²) in [4.78, 5) is 14.7. The molecule has 3 rings (SSSR count). The van der Waals surface area contributed by atoms with E-state index in [9.17, 15) is 4.79 Å². The van der Waals surface area contributed by atoms with Crippen LogP contribution >= 0.6 is 11.3 Å². The minimum atomic E-state index is -0.0708. The van der Waals surface area contributed by atoms with Gasteiger partial charge in [0, 0.05) is 6.54 Å². The number of hydrogen-bond donors (Lipinski definition) is 1. The van der Waals surface area contributed by atoms with Crippen LogP contribution in [0, 0.1) is 13.8 Å². The third kappa shape index (κ3) is 5.06. The van der Waals surface area contributed by atoms with Crippen molar-refractivity contribution < 1.29 is 9.53 Å². The van der Waals surface area contributed by atoms with Gasteiger partial charge in [-0.2, -0.15) is 11.3 Å². The second-order valence-electron chi connectivity index (χ2n) is 6.73. The lowest BCUT2D eigenvalue weighted by Crippen LogP contribution is -2.38. The summed E-state index contributed by atoms with van der Waals surface area (Å²) >= 11 is 1.71. The number of carbonyl (C=O) groups excluding carboxylic acids is 1. The Morgan fingerprint density at radius 1 is 1.24 bits per heavy atom. The van der Waals surface area contributed by atoms with Gasteiger partial charge in [-0.3, -0.25) is 9.69 Å². The van der Waals surface area contributed by atoms with Gasteiger partial charge in [0.1, 0.15) is 5.75 Å². The Bertz CT molecular complexity index is 673. The first-order valence-corrected chi connectivity index (χ1v) is 9.80. The van der Waals surface area contributed by atoms with Crippen LogP contribution in [-0.2, 0) is 4.79 Å². The van der Waals surface area contributed by atoms with Crippen LogP contribution in [0.25, 0.3) is 0 Å². The van der Waals surface area contributed by atoms with E-state index in [4.69, 9.17) is 4.74 Å². The average molecular weight is 359 g/mol. The van der Waals surface area contributed by atoms with Gasteiger partial charge in [0.2, 0.25) is 0 Å². The van der Waals surface area contributed by atoms with Crippen molar-refractivity contribution in [1.29, 1.82) is 0 Å². The summed E-state index contributed by atoms with van der Waals surface area (Å²) in [5, 5.41) is 7.33. The summed E-state index contributed by atoms with van der Waals surface area (Å²) < 4.78 is 5.65. The van der Waals surface area contributed by atoms with E-state index in [-0.39, 0.29) is 18.6 Å². The normalized spacial score (nSPS) is 15.9. The van der Waals surface area contributed by atoms with E-state index in [1.807, 2.05) is 26.0 Å². The molecule has 2 heterocycles. The molecule has 1 unspecified atom stereocenters. The van der Waals surface area contributed by atoms with Gasteiger partial charge in [-0.25, -0.2) is 0 Å². The highest BCUT2D eigenvalue weighted by Crippen LogP contribution is 2.26. The Labute approximate surface area is 153 Å². The standard InChI is InChI=1S/C20H26N2O2S/c1-15-9-16(2)11-18(10-15)24-13-20(23)21-12-19(17-5-8-25-14-17)22-6-3-4-7-22/h5,8-11,14,19H,3-4,6-7,12-13H2,1-2H3,(H,21,23). The number of amides is 1. The Morgan fingerprint density at radius 2 is 1.96 bits per heavy atom. The van der Waals surface area contributed by atoms with Gasteiger partial charge < -0.3 is 10.1 Å². The molecule has 134 valence electrons. The quantitative estimate of drug-likeness (QED) is 0.821. The van der Waals surface area contributed by atoms with Crippen molar-refractivity contribution in [3.05, 3.63) is 51.7 Å². The Kier molecular flexibility index (Phi) is 6.10. The maximum absolute atomic E-state index is 12.2. The van der Waals surface area contributed by atoms with E-state index in [2.05, 4.69) is 33.1 Å².